The summed E-state index contributed by atoms with van der Waals surface area (Å²) in [4.78, 5) is 4.51. The number of aromatic nitrogens is 1. The van der Waals surface area contributed by atoms with Crippen LogP contribution in [0.4, 0.5) is 0 Å². The van der Waals surface area contributed by atoms with E-state index in [0.717, 1.165) is 23.7 Å². The molecule has 0 atom stereocenters. The molecule has 0 spiro atoms. The van der Waals surface area contributed by atoms with Gasteiger partial charge in [-0.2, -0.15) is 0 Å². The van der Waals surface area contributed by atoms with Gasteiger partial charge in [0.15, 0.2) is 0 Å². The zero-order chi connectivity index (χ0) is 12.1. The van der Waals surface area contributed by atoms with Gasteiger partial charge in [0.2, 0.25) is 0 Å². The summed E-state index contributed by atoms with van der Waals surface area (Å²) in [5.74, 6) is 0.883. The van der Waals surface area contributed by atoms with Crippen LogP contribution in [0.1, 0.15) is 39.1 Å². The van der Waals surface area contributed by atoms with Gasteiger partial charge in [-0.1, -0.05) is 13.8 Å². The van der Waals surface area contributed by atoms with Crippen LogP contribution in [0, 0.1) is 6.92 Å². The van der Waals surface area contributed by atoms with E-state index in [1.165, 1.54) is 0 Å². The van der Waals surface area contributed by atoms with E-state index in [1.807, 2.05) is 32.9 Å². The minimum atomic E-state index is 0.183. The zero-order valence-electron chi connectivity index (χ0n) is 10.9. The van der Waals surface area contributed by atoms with Crippen LogP contribution in [-0.2, 0) is 6.54 Å². The van der Waals surface area contributed by atoms with E-state index in [1.54, 1.807) is 0 Å². The van der Waals surface area contributed by atoms with E-state index in [-0.39, 0.29) is 6.10 Å². The number of ether oxygens (including phenoxy) is 1. The lowest BCUT2D eigenvalue weighted by molar-refractivity contribution is 0.238. The van der Waals surface area contributed by atoms with Crippen LogP contribution in [0.15, 0.2) is 12.1 Å². The Morgan fingerprint density at radius 3 is 2.50 bits per heavy atom. The fourth-order valence-electron chi connectivity index (χ4n) is 1.39. The van der Waals surface area contributed by atoms with Gasteiger partial charge >= 0.3 is 0 Å². The second-order valence-electron chi connectivity index (χ2n) is 4.60. The molecule has 0 aliphatic carbocycles. The van der Waals surface area contributed by atoms with Gasteiger partial charge in [-0.15, -0.1) is 0 Å². The smallest absolute Gasteiger partial charge is 0.142 e. The molecule has 90 valence electrons. The first-order valence-electron chi connectivity index (χ1n) is 5.85. The number of hydrogen-bond donors (Lipinski definition) is 1. The highest BCUT2D eigenvalue weighted by Crippen LogP contribution is 2.18. The molecule has 3 heteroatoms. The van der Waals surface area contributed by atoms with Gasteiger partial charge in [0.25, 0.3) is 0 Å². The Labute approximate surface area is 98.2 Å². The third kappa shape index (κ3) is 4.19. The monoisotopic (exact) mass is 222 g/mol. The van der Waals surface area contributed by atoms with Crippen molar-refractivity contribution in [3.8, 4) is 5.75 Å². The van der Waals surface area contributed by atoms with Gasteiger partial charge in [-0.05, 0) is 32.9 Å². The average molecular weight is 222 g/mol. The predicted molar refractivity (Wildman–Crippen MR) is 66.7 cm³/mol. The molecule has 1 rings (SSSR count). The summed E-state index contributed by atoms with van der Waals surface area (Å²) in [6.45, 7) is 11.1. The van der Waals surface area contributed by atoms with Crippen molar-refractivity contribution in [1.82, 2.24) is 10.3 Å². The zero-order valence-corrected chi connectivity index (χ0v) is 10.9. The Hall–Kier alpha value is -1.09. The molecular weight excluding hydrogens is 200 g/mol. The molecule has 0 aliphatic heterocycles. The maximum Gasteiger partial charge on any atom is 0.142 e. The molecule has 1 heterocycles. The largest absolute Gasteiger partial charge is 0.489 e. The molecule has 0 aliphatic rings. The summed E-state index contributed by atoms with van der Waals surface area (Å²) in [6, 6.07) is 4.44. The first-order valence-corrected chi connectivity index (χ1v) is 5.85. The molecule has 1 aromatic heterocycles. The molecule has 0 aromatic carbocycles. The Bertz CT molecular complexity index is 335. The van der Waals surface area contributed by atoms with Crippen molar-refractivity contribution >= 4 is 0 Å². The van der Waals surface area contributed by atoms with E-state index in [0.29, 0.717) is 6.04 Å². The summed E-state index contributed by atoms with van der Waals surface area (Å²) >= 11 is 0. The highest BCUT2D eigenvalue weighted by Gasteiger charge is 2.07. The van der Waals surface area contributed by atoms with E-state index >= 15 is 0 Å². The molecule has 0 saturated carbocycles. The summed E-state index contributed by atoms with van der Waals surface area (Å²) in [5.41, 5.74) is 2.01. The third-order valence-corrected chi connectivity index (χ3v) is 2.11. The highest BCUT2D eigenvalue weighted by atomic mass is 16.5. The van der Waals surface area contributed by atoms with E-state index < -0.39 is 0 Å². The lowest BCUT2D eigenvalue weighted by atomic mass is 10.2. The van der Waals surface area contributed by atoms with Crippen molar-refractivity contribution in [2.45, 2.75) is 53.3 Å². The Morgan fingerprint density at radius 1 is 1.25 bits per heavy atom. The second kappa shape index (κ2) is 5.85. The average Bonchev–Trinajstić information content (AvgIpc) is 2.17. The molecule has 0 bridgehead atoms. The minimum Gasteiger partial charge on any atom is -0.489 e. The van der Waals surface area contributed by atoms with Gasteiger partial charge < -0.3 is 10.1 Å². The lowest BCUT2D eigenvalue weighted by Gasteiger charge is -2.15. The van der Waals surface area contributed by atoms with Crippen molar-refractivity contribution in [3.05, 3.63) is 23.5 Å². The standard InChI is InChI=1S/C13H22N2O/c1-9(2)14-8-12-13(16-10(3)4)7-6-11(5)15-12/h6-7,9-10,14H,8H2,1-5H3. The van der Waals surface area contributed by atoms with Crippen LogP contribution in [0.3, 0.4) is 0 Å². The Kier molecular flexibility index (Phi) is 4.74. The number of hydrogen-bond acceptors (Lipinski definition) is 3. The van der Waals surface area contributed by atoms with Gasteiger partial charge in [0, 0.05) is 18.3 Å². The van der Waals surface area contributed by atoms with Crippen molar-refractivity contribution < 1.29 is 4.74 Å². The summed E-state index contributed by atoms with van der Waals surface area (Å²) in [7, 11) is 0. The molecule has 0 amide bonds. The summed E-state index contributed by atoms with van der Waals surface area (Å²) in [5, 5.41) is 3.36. The fourth-order valence-corrected chi connectivity index (χ4v) is 1.39. The fraction of sp³-hybridized carbons (Fsp3) is 0.615. The quantitative estimate of drug-likeness (QED) is 0.831. The van der Waals surface area contributed by atoms with Crippen LogP contribution >= 0.6 is 0 Å². The van der Waals surface area contributed by atoms with Gasteiger partial charge in [-0.3, -0.25) is 4.98 Å². The van der Waals surface area contributed by atoms with Crippen molar-refractivity contribution in [3.63, 3.8) is 0 Å². The van der Waals surface area contributed by atoms with Gasteiger partial charge in [-0.25, -0.2) is 0 Å². The van der Waals surface area contributed by atoms with Crippen molar-refractivity contribution in [2.75, 3.05) is 0 Å². The number of aryl methyl sites for hydroxylation is 1. The number of nitrogens with zero attached hydrogens (tertiary/aromatic N) is 1. The van der Waals surface area contributed by atoms with Crippen LogP contribution in [0.5, 0.6) is 5.75 Å². The predicted octanol–water partition coefficient (Wildman–Crippen LogP) is 2.68. The van der Waals surface area contributed by atoms with Crippen molar-refractivity contribution in [2.24, 2.45) is 0 Å². The minimum absolute atomic E-state index is 0.183. The highest BCUT2D eigenvalue weighted by molar-refractivity contribution is 5.29. The van der Waals surface area contributed by atoms with Crippen LogP contribution < -0.4 is 10.1 Å². The molecule has 16 heavy (non-hydrogen) atoms. The van der Waals surface area contributed by atoms with Gasteiger partial charge in [0.05, 0.1) is 11.8 Å². The van der Waals surface area contributed by atoms with Gasteiger partial charge in [0.1, 0.15) is 5.75 Å². The summed E-state index contributed by atoms with van der Waals surface area (Å²) in [6.07, 6.45) is 0.183. The first-order chi connectivity index (χ1) is 7.49. The molecule has 0 radical (unpaired) electrons. The lowest BCUT2D eigenvalue weighted by Crippen LogP contribution is -2.23. The maximum absolute atomic E-state index is 5.73. The normalized spacial score (nSPS) is 11.2. The maximum atomic E-state index is 5.73. The van der Waals surface area contributed by atoms with E-state index in [2.05, 4.69) is 24.1 Å². The SMILES string of the molecule is Cc1ccc(OC(C)C)c(CNC(C)C)n1. The third-order valence-electron chi connectivity index (χ3n) is 2.11. The molecule has 3 nitrogen and oxygen atoms in total. The molecule has 1 N–H and O–H groups in total. The van der Waals surface area contributed by atoms with Crippen LogP contribution in [-0.4, -0.2) is 17.1 Å². The summed E-state index contributed by atoms with van der Waals surface area (Å²) < 4.78 is 5.73. The first kappa shape index (κ1) is 13.0. The number of pyridine rings is 1. The number of rotatable bonds is 5. The van der Waals surface area contributed by atoms with Crippen LogP contribution in [0.2, 0.25) is 0 Å². The number of nitrogens with one attached hydrogen (secondary N) is 1. The van der Waals surface area contributed by atoms with Crippen LogP contribution in [0.25, 0.3) is 0 Å². The Balaban J connectivity index is 2.81. The molecular formula is C13H22N2O. The molecule has 0 fully saturated rings. The molecule has 0 saturated heterocycles. The molecule has 0 unspecified atom stereocenters. The topological polar surface area (TPSA) is 34.1 Å². The Morgan fingerprint density at radius 2 is 1.94 bits per heavy atom. The molecule has 1 aromatic rings. The second-order valence-corrected chi connectivity index (χ2v) is 4.60. The van der Waals surface area contributed by atoms with E-state index in [9.17, 15) is 0 Å². The van der Waals surface area contributed by atoms with Crippen molar-refractivity contribution in [1.29, 1.82) is 0 Å². The van der Waals surface area contributed by atoms with E-state index in [4.69, 9.17) is 4.74 Å².